The van der Waals surface area contributed by atoms with E-state index in [1.54, 1.807) is 0 Å². The second-order valence-electron chi connectivity index (χ2n) is 5.31. The Hall–Kier alpha value is -0.610. The molecule has 0 aromatic heterocycles. The van der Waals surface area contributed by atoms with Gasteiger partial charge in [0.05, 0.1) is 6.10 Å². The molecule has 16 heavy (non-hydrogen) atoms. The Kier molecular flexibility index (Phi) is 2.64. The van der Waals surface area contributed by atoms with Crippen LogP contribution in [0.4, 0.5) is 0 Å². The quantitative estimate of drug-likeness (QED) is 0.702. The number of hydrogen-bond acceptors (Lipinski definition) is 3. The molecule has 0 aromatic rings. The van der Waals surface area contributed by atoms with Gasteiger partial charge in [0.2, 0.25) is 0 Å². The predicted molar refractivity (Wildman–Crippen MR) is 57.8 cm³/mol. The number of nitrogens with zero attached hydrogens (tertiary/aromatic N) is 1. The third-order valence-corrected chi connectivity index (χ3v) is 4.34. The molecule has 0 radical (unpaired) electrons. The lowest BCUT2D eigenvalue weighted by molar-refractivity contribution is -0.140. The minimum atomic E-state index is -0.198. The summed E-state index contributed by atoms with van der Waals surface area (Å²) in [6.45, 7) is 2.30. The first-order valence-corrected chi connectivity index (χ1v) is 6.34. The van der Waals surface area contributed by atoms with Crippen molar-refractivity contribution in [2.24, 2.45) is 11.8 Å². The van der Waals surface area contributed by atoms with Crippen molar-refractivity contribution < 1.29 is 14.6 Å². The molecule has 0 aromatic carbocycles. The number of aliphatic hydroxyl groups is 1. The van der Waals surface area contributed by atoms with E-state index in [1.807, 2.05) is 4.90 Å². The summed E-state index contributed by atoms with van der Waals surface area (Å²) in [6.07, 6.45) is 3.47. The second-order valence-corrected chi connectivity index (χ2v) is 5.31. The summed E-state index contributed by atoms with van der Waals surface area (Å²) < 4.78 is 5.42. The minimum absolute atomic E-state index is 0.152. The van der Waals surface area contributed by atoms with Crippen LogP contribution >= 0.6 is 0 Å². The number of hydrogen-bond donors (Lipinski definition) is 1. The van der Waals surface area contributed by atoms with Crippen LogP contribution in [0.25, 0.3) is 0 Å². The Morgan fingerprint density at radius 3 is 2.81 bits per heavy atom. The zero-order chi connectivity index (χ0) is 11.1. The van der Waals surface area contributed by atoms with Crippen molar-refractivity contribution in [1.29, 1.82) is 0 Å². The zero-order valence-corrected chi connectivity index (χ0v) is 9.47. The highest BCUT2D eigenvalue weighted by molar-refractivity contribution is 5.81. The van der Waals surface area contributed by atoms with Gasteiger partial charge in [0, 0.05) is 25.6 Å². The van der Waals surface area contributed by atoms with Crippen LogP contribution in [-0.4, -0.2) is 47.8 Å². The lowest BCUT2D eigenvalue weighted by atomic mass is 10.00. The topological polar surface area (TPSA) is 49.8 Å². The molecule has 2 heterocycles. The summed E-state index contributed by atoms with van der Waals surface area (Å²) in [5, 5.41) is 9.80. The summed E-state index contributed by atoms with van der Waals surface area (Å²) in [7, 11) is 0. The highest BCUT2D eigenvalue weighted by atomic mass is 16.5. The van der Waals surface area contributed by atoms with Gasteiger partial charge in [-0.15, -0.1) is 0 Å². The number of aliphatic hydroxyl groups excluding tert-OH is 1. The van der Waals surface area contributed by atoms with Crippen molar-refractivity contribution >= 4 is 5.91 Å². The molecule has 4 atom stereocenters. The maximum atomic E-state index is 12.1. The summed E-state index contributed by atoms with van der Waals surface area (Å²) in [6, 6.07) is 0. The normalized spacial score (nSPS) is 42.7. The Morgan fingerprint density at radius 2 is 2.12 bits per heavy atom. The van der Waals surface area contributed by atoms with E-state index in [0.717, 1.165) is 45.4 Å². The maximum Gasteiger partial charge on any atom is 0.251 e. The van der Waals surface area contributed by atoms with Crippen LogP contribution in [0.1, 0.15) is 25.7 Å². The monoisotopic (exact) mass is 225 g/mol. The molecule has 1 saturated carbocycles. The van der Waals surface area contributed by atoms with Crippen molar-refractivity contribution in [3.05, 3.63) is 0 Å². The van der Waals surface area contributed by atoms with E-state index in [0.29, 0.717) is 11.8 Å². The van der Waals surface area contributed by atoms with Crippen LogP contribution in [0.5, 0.6) is 0 Å². The molecule has 2 aliphatic heterocycles. The van der Waals surface area contributed by atoms with Gasteiger partial charge in [0.1, 0.15) is 6.10 Å². The number of ether oxygens (including phenoxy) is 1. The largest absolute Gasteiger partial charge is 0.393 e. The van der Waals surface area contributed by atoms with Gasteiger partial charge in [-0.2, -0.15) is 0 Å². The van der Waals surface area contributed by atoms with Crippen LogP contribution in [0.3, 0.4) is 0 Å². The fourth-order valence-electron chi connectivity index (χ4n) is 3.39. The van der Waals surface area contributed by atoms with Crippen molar-refractivity contribution in [2.45, 2.75) is 37.9 Å². The number of rotatable bonds is 1. The molecule has 90 valence electrons. The van der Waals surface area contributed by atoms with Gasteiger partial charge in [-0.05, 0) is 31.6 Å². The average Bonchev–Trinajstić information content (AvgIpc) is 2.96. The Labute approximate surface area is 95.6 Å². The van der Waals surface area contributed by atoms with E-state index in [-0.39, 0.29) is 18.1 Å². The van der Waals surface area contributed by atoms with Gasteiger partial charge in [-0.1, -0.05) is 0 Å². The van der Waals surface area contributed by atoms with Gasteiger partial charge in [-0.3, -0.25) is 4.79 Å². The van der Waals surface area contributed by atoms with Crippen LogP contribution in [0, 0.1) is 11.8 Å². The van der Waals surface area contributed by atoms with E-state index < -0.39 is 0 Å². The molecule has 1 aliphatic carbocycles. The fourth-order valence-corrected chi connectivity index (χ4v) is 3.39. The predicted octanol–water partition coefficient (Wildman–Crippen LogP) is 0.395. The van der Waals surface area contributed by atoms with E-state index >= 15 is 0 Å². The molecule has 1 N–H and O–H groups in total. The van der Waals surface area contributed by atoms with Crippen molar-refractivity contribution in [3.8, 4) is 0 Å². The maximum absolute atomic E-state index is 12.1. The Balaban J connectivity index is 1.63. The number of amides is 1. The number of likely N-dealkylation sites (tertiary alicyclic amines) is 1. The van der Waals surface area contributed by atoms with Crippen LogP contribution < -0.4 is 0 Å². The molecule has 1 amide bonds. The zero-order valence-electron chi connectivity index (χ0n) is 9.47. The molecule has 2 saturated heterocycles. The van der Waals surface area contributed by atoms with E-state index in [1.165, 1.54) is 0 Å². The van der Waals surface area contributed by atoms with Gasteiger partial charge < -0.3 is 14.7 Å². The van der Waals surface area contributed by atoms with Crippen molar-refractivity contribution in [3.63, 3.8) is 0 Å². The first kappa shape index (κ1) is 10.5. The second kappa shape index (κ2) is 4.00. The van der Waals surface area contributed by atoms with Gasteiger partial charge in [-0.25, -0.2) is 0 Å². The van der Waals surface area contributed by atoms with Gasteiger partial charge in [0.15, 0.2) is 0 Å². The smallest absolute Gasteiger partial charge is 0.251 e. The molecule has 0 bridgehead atoms. The molecular weight excluding hydrogens is 206 g/mol. The Morgan fingerprint density at radius 1 is 1.25 bits per heavy atom. The third-order valence-electron chi connectivity index (χ3n) is 4.34. The van der Waals surface area contributed by atoms with Crippen molar-refractivity contribution in [1.82, 2.24) is 4.90 Å². The average molecular weight is 225 g/mol. The molecular formula is C12H19NO3. The first-order chi connectivity index (χ1) is 7.75. The lowest BCUT2D eigenvalue weighted by Crippen LogP contribution is -2.38. The first-order valence-electron chi connectivity index (χ1n) is 6.34. The summed E-state index contributed by atoms with van der Waals surface area (Å²) in [5.74, 6) is 1.00. The molecule has 3 rings (SSSR count). The van der Waals surface area contributed by atoms with Gasteiger partial charge >= 0.3 is 0 Å². The van der Waals surface area contributed by atoms with Crippen molar-refractivity contribution in [2.75, 3.05) is 19.7 Å². The molecule has 3 fully saturated rings. The lowest BCUT2D eigenvalue weighted by Gasteiger charge is -2.21. The van der Waals surface area contributed by atoms with E-state index in [2.05, 4.69) is 0 Å². The highest BCUT2D eigenvalue weighted by Gasteiger charge is 2.44. The minimum Gasteiger partial charge on any atom is -0.393 e. The highest BCUT2D eigenvalue weighted by Crippen LogP contribution is 2.38. The van der Waals surface area contributed by atoms with Crippen LogP contribution in [0.2, 0.25) is 0 Å². The number of carbonyl (C=O) groups is 1. The van der Waals surface area contributed by atoms with Crippen LogP contribution in [-0.2, 0) is 9.53 Å². The fraction of sp³-hybridized carbons (Fsp3) is 0.917. The molecule has 0 spiro atoms. The summed E-state index contributed by atoms with van der Waals surface area (Å²) >= 11 is 0. The van der Waals surface area contributed by atoms with E-state index in [4.69, 9.17) is 4.74 Å². The van der Waals surface area contributed by atoms with E-state index in [9.17, 15) is 9.90 Å². The standard InChI is InChI=1S/C12H19NO3/c14-10-4-3-8-6-13(7-9(8)10)12(15)11-2-1-5-16-11/h8-11,14H,1-7H2/t8?,9?,10?,11-/m0/s1. The van der Waals surface area contributed by atoms with Crippen LogP contribution in [0.15, 0.2) is 0 Å². The Bertz CT molecular complexity index is 288. The van der Waals surface area contributed by atoms with Gasteiger partial charge in [0.25, 0.3) is 5.91 Å². The molecule has 3 unspecified atom stereocenters. The molecule has 4 nitrogen and oxygen atoms in total. The summed E-state index contributed by atoms with van der Waals surface area (Å²) in [5.41, 5.74) is 0. The summed E-state index contributed by atoms with van der Waals surface area (Å²) in [4.78, 5) is 14.0. The SMILES string of the molecule is O=C([C@@H]1CCCO1)N1CC2CCC(O)C2C1. The number of fused-ring (bicyclic) bond motifs is 1. The third kappa shape index (κ3) is 1.64. The molecule has 3 aliphatic rings. The molecule has 4 heteroatoms. The number of carbonyl (C=O) groups excluding carboxylic acids is 1.